The highest BCUT2D eigenvalue weighted by atomic mass is 35.5. The van der Waals surface area contributed by atoms with E-state index in [9.17, 15) is 4.79 Å². The second-order valence-corrected chi connectivity index (χ2v) is 7.67. The number of aromatic nitrogens is 1. The summed E-state index contributed by atoms with van der Waals surface area (Å²) in [5.74, 6) is 1.59. The maximum absolute atomic E-state index is 12.9. The fourth-order valence-corrected chi connectivity index (χ4v) is 4.15. The Morgan fingerprint density at radius 2 is 1.70 bits per heavy atom. The van der Waals surface area contributed by atoms with E-state index in [1.807, 2.05) is 30.3 Å². The molecule has 4 rings (SSSR count). The average Bonchev–Trinajstić information content (AvgIpc) is 2.67. The highest BCUT2D eigenvalue weighted by Gasteiger charge is 2.27. The molecule has 2 aliphatic rings. The number of hydrogen-bond donors (Lipinski definition) is 0. The molecule has 1 aromatic heterocycles. The Morgan fingerprint density at radius 3 is 2.41 bits per heavy atom. The lowest BCUT2D eigenvalue weighted by Crippen LogP contribution is -2.36. The minimum atomic E-state index is 0.0356. The molecule has 2 aliphatic heterocycles. The third-order valence-electron chi connectivity index (χ3n) is 5.01. The highest BCUT2D eigenvalue weighted by Crippen LogP contribution is 2.32. The number of rotatable bonds is 4. The van der Waals surface area contributed by atoms with Gasteiger partial charge in [0.1, 0.15) is 23.5 Å². The van der Waals surface area contributed by atoms with Crippen LogP contribution in [0.4, 0.5) is 0 Å². The fraction of sp³-hybridized carbons (Fsp3) is 0.400. The predicted molar refractivity (Wildman–Crippen MR) is 104 cm³/mol. The van der Waals surface area contributed by atoms with Crippen molar-refractivity contribution in [3.05, 3.63) is 51.8 Å². The first-order valence-electron chi connectivity index (χ1n) is 9.07. The van der Waals surface area contributed by atoms with E-state index >= 15 is 0 Å². The Bertz CT molecular complexity index is 831. The van der Waals surface area contributed by atoms with Crippen molar-refractivity contribution in [1.29, 1.82) is 0 Å². The molecule has 142 valence electrons. The number of carbonyl (C=O) groups is 1. The van der Waals surface area contributed by atoms with Gasteiger partial charge in [-0.15, -0.1) is 0 Å². The first kappa shape index (κ1) is 18.5. The number of ether oxygens (including phenoxy) is 2. The number of benzene rings is 1. The number of hydrogen-bond acceptors (Lipinski definition) is 5. The van der Waals surface area contributed by atoms with E-state index in [1.165, 1.54) is 0 Å². The maximum atomic E-state index is 12.9. The molecule has 7 heteroatoms. The van der Waals surface area contributed by atoms with Crippen molar-refractivity contribution in [2.75, 3.05) is 26.3 Å². The molecule has 0 saturated carbocycles. The lowest BCUT2D eigenvalue weighted by Gasteiger charge is -2.31. The molecule has 2 aromatic rings. The molecule has 5 nitrogen and oxygen atoms in total. The minimum absolute atomic E-state index is 0.0356. The molecule has 1 aromatic carbocycles. The summed E-state index contributed by atoms with van der Waals surface area (Å²) in [7, 11) is 0. The van der Waals surface area contributed by atoms with Crippen molar-refractivity contribution in [2.24, 2.45) is 5.92 Å². The minimum Gasteiger partial charge on any atom is -0.486 e. The summed E-state index contributed by atoms with van der Waals surface area (Å²) >= 11 is 11.9. The first-order valence-corrected chi connectivity index (χ1v) is 9.82. The molecule has 0 atom stereocenters. The fourth-order valence-electron chi connectivity index (χ4n) is 3.65. The van der Waals surface area contributed by atoms with Gasteiger partial charge in [0.2, 0.25) is 0 Å². The van der Waals surface area contributed by atoms with E-state index in [2.05, 4.69) is 9.88 Å². The number of halogens is 2. The van der Waals surface area contributed by atoms with Crippen LogP contribution in [0.3, 0.4) is 0 Å². The van der Waals surface area contributed by atoms with Crippen LogP contribution >= 0.6 is 23.2 Å². The van der Waals surface area contributed by atoms with Crippen LogP contribution in [0.1, 0.15) is 28.8 Å². The zero-order chi connectivity index (χ0) is 18.8. The van der Waals surface area contributed by atoms with Crippen LogP contribution in [0.15, 0.2) is 30.3 Å². The molecule has 27 heavy (non-hydrogen) atoms. The summed E-state index contributed by atoms with van der Waals surface area (Å²) in [6.07, 6.45) is 1.67. The summed E-state index contributed by atoms with van der Waals surface area (Å²) in [4.78, 5) is 19.2. The van der Waals surface area contributed by atoms with Gasteiger partial charge in [0, 0.05) is 18.0 Å². The van der Waals surface area contributed by atoms with Crippen molar-refractivity contribution in [2.45, 2.75) is 19.4 Å². The van der Waals surface area contributed by atoms with Crippen molar-refractivity contribution in [3.8, 4) is 11.5 Å². The first-order chi connectivity index (χ1) is 13.1. The Labute approximate surface area is 168 Å². The summed E-state index contributed by atoms with van der Waals surface area (Å²) in [5.41, 5.74) is 1.74. The second kappa shape index (κ2) is 8.05. The molecule has 0 aliphatic carbocycles. The molecule has 0 radical (unpaired) electrons. The maximum Gasteiger partial charge on any atom is 0.166 e. The highest BCUT2D eigenvalue weighted by molar-refractivity contribution is 6.32. The van der Waals surface area contributed by atoms with Crippen LogP contribution in [0.2, 0.25) is 10.3 Å². The van der Waals surface area contributed by atoms with Crippen molar-refractivity contribution in [3.63, 3.8) is 0 Å². The van der Waals surface area contributed by atoms with Crippen LogP contribution in [0.25, 0.3) is 0 Å². The van der Waals surface area contributed by atoms with Crippen LogP contribution in [0, 0.1) is 5.92 Å². The lowest BCUT2D eigenvalue weighted by atomic mass is 9.88. The second-order valence-electron chi connectivity index (χ2n) is 6.89. The third-order valence-corrected chi connectivity index (χ3v) is 5.40. The van der Waals surface area contributed by atoms with Gasteiger partial charge in [-0.05, 0) is 61.8 Å². The number of nitrogens with zero attached hydrogens (tertiary/aromatic N) is 2. The summed E-state index contributed by atoms with van der Waals surface area (Å²) in [6.45, 7) is 3.54. The molecular weight excluding hydrogens is 387 g/mol. The van der Waals surface area contributed by atoms with E-state index < -0.39 is 0 Å². The predicted octanol–water partition coefficient (Wildman–Crippen LogP) is 4.25. The van der Waals surface area contributed by atoms with Crippen LogP contribution in [0.5, 0.6) is 11.5 Å². The monoisotopic (exact) mass is 406 g/mol. The summed E-state index contributed by atoms with van der Waals surface area (Å²) in [5, 5.41) is 0.808. The summed E-state index contributed by atoms with van der Waals surface area (Å²) < 4.78 is 11.1. The average molecular weight is 407 g/mol. The van der Waals surface area contributed by atoms with E-state index in [0.29, 0.717) is 40.6 Å². The van der Waals surface area contributed by atoms with Gasteiger partial charge < -0.3 is 9.47 Å². The number of piperidine rings is 1. The molecule has 3 heterocycles. The molecule has 1 fully saturated rings. The molecule has 0 bridgehead atoms. The molecule has 0 amide bonds. The zero-order valence-electron chi connectivity index (χ0n) is 14.8. The van der Waals surface area contributed by atoms with Crippen molar-refractivity contribution in [1.82, 2.24) is 9.88 Å². The number of pyridine rings is 1. The van der Waals surface area contributed by atoms with Gasteiger partial charge in [-0.2, -0.15) is 0 Å². The number of fused-ring (bicyclic) bond motifs is 1. The van der Waals surface area contributed by atoms with E-state index in [4.69, 9.17) is 32.7 Å². The quantitative estimate of drug-likeness (QED) is 0.560. The topological polar surface area (TPSA) is 51.7 Å². The Morgan fingerprint density at radius 1 is 1.04 bits per heavy atom. The van der Waals surface area contributed by atoms with Gasteiger partial charge >= 0.3 is 0 Å². The normalized spacial score (nSPS) is 17.7. The Balaban J connectivity index is 1.36. The van der Waals surface area contributed by atoms with Gasteiger partial charge in [-0.1, -0.05) is 23.2 Å². The number of likely N-dealkylation sites (tertiary alicyclic amines) is 1. The van der Waals surface area contributed by atoms with E-state index in [0.717, 1.165) is 38.0 Å². The van der Waals surface area contributed by atoms with E-state index in [1.54, 1.807) is 0 Å². The Kier molecular flexibility index (Phi) is 5.53. The molecule has 1 saturated heterocycles. The van der Waals surface area contributed by atoms with E-state index in [-0.39, 0.29) is 11.7 Å². The largest absolute Gasteiger partial charge is 0.486 e. The molecule has 0 N–H and O–H groups in total. The van der Waals surface area contributed by atoms with Crippen molar-refractivity contribution >= 4 is 29.0 Å². The molecular formula is C20H20Cl2N2O3. The SMILES string of the molecule is O=C(c1ccc2c(c1)OCCO2)C1CCN(Cc2cc(Cl)nc(Cl)c2)CC1. The zero-order valence-corrected chi connectivity index (χ0v) is 16.3. The van der Waals surface area contributed by atoms with Crippen LogP contribution in [-0.2, 0) is 6.54 Å². The third kappa shape index (κ3) is 4.37. The van der Waals surface area contributed by atoms with Gasteiger partial charge in [0.25, 0.3) is 0 Å². The Hall–Kier alpha value is -1.82. The van der Waals surface area contributed by atoms with Gasteiger partial charge in [-0.25, -0.2) is 4.98 Å². The number of ketones is 1. The van der Waals surface area contributed by atoms with Gasteiger partial charge in [0.05, 0.1) is 0 Å². The standard InChI is InChI=1S/C20H20Cl2N2O3/c21-18-9-13(10-19(22)23-18)12-24-5-3-14(4-6-24)20(25)15-1-2-16-17(11-15)27-8-7-26-16/h1-2,9-11,14H,3-8,12H2. The van der Waals surface area contributed by atoms with Crippen LogP contribution < -0.4 is 9.47 Å². The number of Topliss-reactive ketones (excluding diaryl/α,β-unsaturated/α-hetero) is 1. The smallest absolute Gasteiger partial charge is 0.166 e. The van der Waals surface area contributed by atoms with Gasteiger partial charge in [-0.3, -0.25) is 9.69 Å². The molecule has 0 unspecified atom stereocenters. The van der Waals surface area contributed by atoms with Crippen LogP contribution in [-0.4, -0.2) is 42.0 Å². The van der Waals surface area contributed by atoms with Gasteiger partial charge in [0.15, 0.2) is 17.3 Å². The van der Waals surface area contributed by atoms with Crippen molar-refractivity contribution < 1.29 is 14.3 Å². The molecule has 0 spiro atoms. The number of carbonyl (C=O) groups excluding carboxylic acids is 1. The lowest BCUT2D eigenvalue weighted by molar-refractivity contribution is 0.0833. The summed E-state index contributed by atoms with van der Waals surface area (Å²) in [6, 6.07) is 9.14.